The molecule has 0 saturated carbocycles. The van der Waals surface area contributed by atoms with Gasteiger partial charge in [0.1, 0.15) is 30.8 Å². The van der Waals surface area contributed by atoms with Gasteiger partial charge in [-0.2, -0.15) is 0 Å². The molecule has 1 amide bonds. The van der Waals surface area contributed by atoms with Crippen molar-refractivity contribution in [2.24, 2.45) is 0 Å². The molecule has 0 spiro atoms. The molecule has 2 N–H and O–H groups in total. The Balaban J connectivity index is 1.66. The summed E-state index contributed by atoms with van der Waals surface area (Å²) in [5, 5.41) is 6.02. The average Bonchev–Trinajstić information content (AvgIpc) is 2.68. The van der Waals surface area contributed by atoms with Crippen LogP contribution in [0.15, 0.2) is 36.4 Å². The summed E-state index contributed by atoms with van der Waals surface area (Å²) in [6, 6.07) is 10.2. The van der Waals surface area contributed by atoms with E-state index < -0.39 is 6.04 Å². The molecule has 138 valence electrons. The zero-order valence-electron chi connectivity index (χ0n) is 15.0. The van der Waals surface area contributed by atoms with Crippen LogP contribution in [0.1, 0.15) is 6.92 Å². The minimum atomic E-state index is -0.481. The van der Waals surface area contributed by atoms with Gasteiger partial charge >= 0.3 is 0 Å². The minimum Gasteiger partial charge on any atom is -0.497 e. The van der Waals surface area contributed by atoms with Crippen molar-refractivity contribution in [1.29, 1.82) is 0 Å². The molecule has 7 nitrogen and oxygen atoms in total. The molecule has 1 aliphatic heterocycles. The van der Waals surface area contributed by atoms with E-state index in [9.17, 15) is 4.79 Å². The summed E-state index contributed by atoms with van der Waals surface area (Å²) in [6.07, 6.45) is 0. The van der Waals surface area contributed by atoms with E-state index in [1.807, 2.05) is 6.07 Å². The van der Waals surface area contributed by atoms with Crippen LogP contribution in [-0.2, 0) is 4.79 Å². The van der Waals surface area contributed by atoms with Crippen LogP contribution in [0.5, 0.6) is 23.0 Å². The summed E-state index contributed by atoms with van der Waals surface area (Å²) in [5.74, 6) is 2.42. The Bertz CT molecular complexity index is 793. The molecule has 7 heteroatoms. The number of methoxy groups -OCH3 is 2. The zero-order valence-corrected chi connectivity index (χ0v) is 15.0. The summed E-state index contributed by atoms with van der Waals surface area (Å²) in [4.78, 5) is 12.5. The molecule has 2 aromatic rings. The minimum absolute atomic E-state index is 0.181. The largest absolute Gasteiger partial charge is 0.497 e. The molecule has 1 aliphatic rings. The van der Waals surface area contributed by atoms with Crippen LogP contribution in [0.3, 0.4) is 0 Å². The van der Waals surface area contributed by atoms with Gasteiger partial charge in [0.15, 0.2) is 11.5 Å². The highest BCUT2D eigenvalue weighted by Crippen LogP contribution is 2.33. The Morgan fingerprint density at radius 2 is 1.81 bits per heavy atom. The fraction of sp³-hybridized carbons (Fsp3) is 0.316. The Hall–Kier alpha value is -3.09. The lowest BCUT2D eigenvalue weighted by atomic mass is 10.2. The number of carbonyl (C=O) groups is 1. The standard InChI is InChI=1S/C19H22N2O5/c1-12(20-15-6-5-14(23-2)11-17(15)24-3)19(22)21-13-4-7-16-18(10-13)26-9-8-25-16/h4-7,10-12,20H,8-9H2,1-3H3,(H,21,22). The number of rotatable bonds is 6. The maximum Gasteiger partial charge on any atom is 0.246 e. The Morgan fingerprint density at radius 3 is 2.54 bits per heavy atom. The number of nitrogens with one attached hydrogen (secondary N) is 2. The topological polar surface area (TPSA) is 78.1 Å². The van der Waals surface area contributed by atoms with Gasteiger partial charge in [0.2, 0.25) is 5.91 Å². The van der Waals surface area contributed by atoms with E-state index in [4.69, 9.17) is 18.9 Å². The van der Waals surface area contributed by atoms with Crippen molar-refractivity contribution in [2.45, 2.75) is 13.0 Å². The maximum atomic E-state index is 12.5. The van der Waals surface area contributed by atoms with Gasteiger partial charge in [-0.05, 0) is 31.2 Å². The number of fused-ring (bicyclic) bond motifs is 1. The number of amides is 1. The third kappa shape index (κ3) is 3.93. The van der Waals surface area contributed by atoms with Crippen molar-refractivity contribution in [3.05, 3.63) is 36.4 Å². The normalized spacial score (nSPS) is 13.5. The highest BCUT2D eigenvalue weighted by molar-refractivity contribution is 5.96. The van der Waals surface area contributed by atoms with Crippen molar-refractivity contribution in [3.63, 3.8) is 0 Å². The smallest absolute Gasteiger partial charge is 0.246 e. The van der Waals surface area contributed by atoms with Crippen LogP contribution < -0.4 is 29.6 Å². The Labute approximate surface area is 152 Å². The maximum absolute atomic E-state index is 12.5. The number of anilines is 2. The van der Waals surface area contributed by atoms with Crippen molar-refractivity contribution >= 4 is 17.3 Å². The molecule has 0 aromatic heterocycles. The molecule has 0 bridgehead atoms. The lowest BCUT2D eigenvalue weighted by molar-refractivity contribution is -0.116. The molecule has 0 fully saturated rings. The van der Waals surface area contributed by atoms with E-state index in [0.29, 0.717) is 47.6 Å². The molecular formula is C19H22N2O5. The van der Waals surface area contributed by atoms with Gasteiger partial charge in [-0.15, -0.1) is 0 Å². The van der Waals surface area contributed by atoms with Crippen LogP contribution in [0.2, 0.25) is 0 Å². The zero-order chi connectivity index (χ0) is 18.5. The monoisotopic (exact) mass is 358 g/mol. The third-order valence-corrected chi connectivity index (χ3v) is 3.98. The van der Waals surface area contributed by atoms with E-state index in [0.717, 1.165) is 0 Å². The summed E-state index contributed by atoms with van der Waals surface area (Å²) in [7, 11) is 3.16. The highest BCUT2D eigenvalue weighted by Gasteiger charge is 2.17. The summed E-state index contributed by atoms with van der Waals surface area (Å²) < 4.78 is 21.5. The average molecular weight is 358 g/mol. The van der Waals surface area contributed by atoms with E-state index in [1.165, 1.54) is 0 Å². The van der Waals surface area contributed by atoms with Gasteiger partial charge in [0.05, 0.1) is 19.9 Å². The van der Waals surface area contributed by atoms with Gasteiger partial charge in [0, 0.05) is 17.8 Å². The number of benzene rings is 2. The second-order valence-electron chi connectivity index (χ2n) is 5.78. The number of carbonyl (C=O) groups excluding carboxylic acids is 1. The molecule has 0 saturated heterocycles. The fourth-order valence-corrected chi connectivity index (χ4v) is 2.59. The van der Waals surface area contributed by atoms with E-state index >= 15 is 0 Å². The van der Waals surface area contributed by atoms with Gasteiger partial charge in [-0.25, -0.2) is 0 Å². The van der Waals surface area contributed by atoms with Gasteiger partial charge in [-0.3, -0.25) is 4.79 Å². The molecule has 1 atom stereocenters. The van der Waals surface area contributed by atoms with Gasteiger partial charge in [0.25, 0.3) is 0 Å². The molecule has 2 aromatic carbocycles. The fourth-order valence-electron chi connectivity index (χ4n) is 2.59. The molecule has 1 heterocycles. The van der Waals surface area contributed by atoms with Crippen molar-refractivity contribution in [3.8, 4) is 23.0 Å². The summed E-state index contributed by atoms with van der Waals surface area (Å²) in [5.41, 5.74) is 1.35. The predicted molar refractivity (Wildman–Crippen MR) is 98.7 cm³/mol. The molecular weight excluding hydrogens is 336 g/mol. The Morgan fingerprint density at radius 1 is 1.04 bits per heavy atom. The van der Waals surface area contributed by atoms with Crippen LogP contribution in [0, 0.1) is 0 Å². The summed E-state index contributed by atoms with van der Waals surface area (Å²) >= 11 is 0. The molecule has 0 radical (unpaired) electrons. The van der Waals surface area contributed by atoms with Crippen LogP contribution in [0.4, 0.5) is 11.4 Å². The molecule has 0 aliphatic carbocycles. The van der Waals surface area contributed by atoms with Crippen LogP contribution >= 0.6 is 0 Å². The van der Waals surface area contributed by atoms with Gasteiger partial charge < -0.3 is 29.6 Å². The second-order valence-corrected chi connectivity index (χ2v) is 5.78. The predicted octanol–water partition coefficient (Wildman–Crippen LogP) is 2.91. The van der Waals surface area contributed by atoms with Crippen molar-refractivity contribution in [2.75, 3.05) is 38.1 Å². The first-order valence-electron chi connectivity index (χ1n) is 8.30. The first kappa shape index (κ1) is 17.7. The second kappa shape index (κ2) is 7.86. The highest BCUT2D eigenvalue weighted by atomic mass is 16.6. The number of hydrogen-bond donors (Lipinski definition) is 2. The lowest BCUT2D eigenvalue weighted by Gasteiger charge is -2.20. The van der Waals surface area contributed by atoms with E-state index in [2.05, 4.69) is 10.6 Å². The van der Waals surface area contributed by atoms with Crippen molar-refractivity contribution in [1.82, 2.24) is 0 Å². The number of ether oxygens (including phenoxy) is 4. The van der Waals surface area contributed by atoms with Crippen LogP contribution in [0.25, 0.3) is 0 Å². The number of hydrogen-bond acceptors (Lipinski definition) is 6. The first-order chi connectivity index (χ1) is 12.6. The van der Waals surface area contributed by atoms with E-state index in [-0.39, 0.29) is 5.91 Å². The van der Waals surface area contributed by atoms with E-state index in [1.54, 1.807) is 51.5 Å². The lowest BCUT2D eigenvalue weighted by Crippen LogP contribution is -2.32. The molecule has 1 unspecified atom stereocenters. The summed E-state index contributed by atoms with van der Waals surface area (Å²) in [6.45, 7) is 2.81. The molecule has 26 heavy (non-hydrogen) atoms. The first-order valence-corrected chi connectivity index (χ1v) is 8.30. The quantitative estimate of drug-likeness (QED) is 0.827. The Kier molecular flexibility index (Phi) is 5.36. The van der Waals surface area contributed by atoms with Crippen molar-refractivity contribution < 1.29 is 23.7 Å². The third-order valence-electron chi connectivity index (χ3n) is 3.98. The SMILES string of the molecule is COc1ccc(NC(C)C(=O)Nc2ccc3c(c2)OCCO3)c(OC)c1. The van der Waals surface area contributed by atoms with Crippen LogP contribution in [-0.4, -0.2) is 39.4 Å². The van der Waals surface area contributed by atoms with Gasteiger partial charge in [-0.1, -0.05) is 0 Å². The molecule has 3 rings (SSSR count).